The maximum Gasteiger partial charge on any atom is 0.409 e. The standard InChI is InChI=1S/C34H46ClN3O10/c1-18-11-10-12-26(45-9)34(43)17-25(46-32(42)36-34)19(2)30-33(5,48-30)27(47-31(41)20(3)37(6)21(4)39)16-28(40)38(7)23-14-22(13-18)15-24(44-8)29(23)35/h10-12,14-15,19-20,25-27,30,43H,13,16-17H2,1-9H3,(H,36,42)/t19-,20-,25+,26-,27-,30-,33-,34+/m0/s1. The van der Waals surface area contributed by atoms with Gasteiger partial charge in [0.05, 0.1) is 25.3 Å². The zero-order valence-electron chi connectivity index (χ0n) is 28.9. The molecule has 4 bridgehead atoms. The number of aliphatic hydroxyl groups is 1. The number of nitrogens with one attached hydrogen (secondary N) is 1. The van der Waals surface area contributed by atoms with Crippen LogP contribution < -0.4 is 15.0 Å². The summed E-state index contributed by atoms with van der Waals surface area (Å²) in [5, 5.41) is 14.4. The van der Waals surface area contributed by atoms with Crippen LogP contribution in [0.2, 0.25) is 5.02 Å². The molecule has 0 aliphatic carbocycles. The van der Waals surface area contributed by atoms with Crippen LogP contribution in [0.5, 0.6) is 5.75 Å². The normalized spacial score (nSPS) is 31.4. The zero-order chi connectivity index (χ0) is 35.7. The largest absolute Gasteiger partial charge is 0.495 e. The number of anilines is 1. The third-order valence-electron chi connectivity index (χ3n) is 9.63. The van der Waals surface area contributed by atoms with Crippen LogP contribution in [-0.4, -0.2) is 104 Å². The lowest BCUT2D eigenvalue weighted by Crippen LogP contribution is -2.63. The van der Waals surface area contributed by atoms with E-state index in [9.17, 15) is 24.3 Å². The molecule has 13 nitrogen and oxygen atoms in total. The minimum Gasteiger partial charge on any atom is -0.495 e. The van der Waals surface area contributed by atoms with E-state index in [0.29, 0.717) is 17.9 Å². The summed E-state index contributed by atoms with van der Waals surface area (Å²) >= 11 is 6.71. The summed E-state index contributed by atoms with van der Waals surface area (Å²) in [7, 11) is 5.97. The van der Waals surface area contributed by atoms with Crippen molar-refractivity contribution in [3.8, 4) is 5.75 Å². The van der Waals surface area contributed by atoms with E-state index in [-0.39, 0.29) is 23.8 Å². The molecular formula is C34H46ClN3O10. The van der Waals surface area contributed by atoms with E-state index in [1.54, 1.807) is 45.2 Å². The Morgan fingerprint density at radius 3 is 2.56 bits per heavy atom. The van der Waals surface area contributed by atoms with E-state index >= 15 is 0 Å². The molecule has 0 radical (unpaired) electrons. The Balaban J connectivity index is 1.80. The van der Waals surface area contributed by atoms with Crippen LogP contribution in [0, 0.1) is 5.92 Å². The van der Waals surface area contributed by atoms with Crippen molar-refractivity contribution < 1.29 is 48.0 Å². The van der Waals surface area contributed by atoms with Crippen molar-refractivity contribution in [3.63, 3.8) is 0 Å². The van der Waals surface area contributed by atoms with Crippen LogP contribution in [0.4, 0.5) is 10.5 Å². The lowest BCUT2D eigenvalue weighted by Gasteiger charge is -2.42. The van der Waals surface area contributed by atoms with Crippen LogP contribution in [0.3, 0.4) is 0 Å². The second-order valence-electron chi connectivity index (χ2n) is 13.0. The molecule has 48 heavy (non-hydrogen) atoms. The summed E-state index contributed by atoms with van der Waals surface area (Å²) in [6, 6.07) is 2.63. The minimum absolute atomic E-state index is 0.0436. The first-order valence-corrected chi connectivity index (χ1v) is 16.2. The summed E-state index contributed by atoms with van der Waals surface area (Å²) in [4.78, 5) is 54.7. The molecule has 3 amide bonds. The maximum absolute atomic E-state index is 14.0. The van der Waals surface area contributed by atoms with E-state index < -0.39 is 65.7 Å². The summed E-state index contributed by atoms with van der Waals surface area (Å²) in [5.74, 6) is -1.63. The molecule has 8 atom stereocenters. The van der Waals surface area contributed by atoms with E-state index in [1.165, 1.54) is 44.9 Å². The first-order chi connectivity index (χ1) is 22.4. The van der Waals surface area contributed by atoms with E-state index in [1.807, 2.05) is 13.0 Å². The Morgan fingerprint density at radius 1 is 1.25 bits per heavy atom. The third-order valence-corrected chi connectivity index (χ3v) is 10.0. The zero-order valence-corrected chi connectivity index (χ0v) is 29.6. The molecular weight excluding hydrogens is 646 g/mol. The smallest absolute Gasteiger partial charge is 0.409 e. The van der Waals surface area contributed by atoms with Crippen molar-refractivity contribution in [1.29, 1.82) is 0 Å². The molecule has 3 heterocycles. The number of alkyl carbamates (subject to hydrolysis) is 1. The first kappa shape index (κ1) is 37.2. The minimum atomic E-state index is -1.81. The van der Waals surface area contributed by atoms with Crippen LogP contribution in [0.15, 0.2) is 35.9 Å². The fourth-order valence-electron chi connectivity index (χ4n) is 6.27. The summed E-state index contributed by atoms with van der Waals surface area (Å²) < 4.78 is 28.9. The van der Waals surface area contributed by atoms with Crippen molar-refractivity contribution in [2.75, 3.05) is 33.2 Å². The molecule has 2 fully saturated rings. The third kappa shape index (κ3) is 7.64. The molecule has 1 aromatic carbocycles. The number of carbonyl (C=O) groups excluding carboxylic acids is 4. The predicted molar refractivity (Wildman–Crippen MR) is 177 cm³/mol. The molecule has 0 spiro atoms. The average Bonchev–Trinajstić information content (AvgIpc) is 3.73. The number of halogens is 1. The van der Waals surface area contributed by atoms with Crippen molar-refractivity contribution >= 4 is 41.2 Å². The molecule has 1 aromatic rings. The van der Waals surface area contributed by atoms with Gasteiger partial charge in [-0.3, -0.25) is 14.9 Å². The number of epoxide rings is 1. The lowest BCUT2D eigenvalue weighted by molar-refractivity contribution is -0.161. The highest BCUT2D eigenvalue weighted by molar-refractivity contribution is 6.35. The highest BCUT2D eigenvalue weighted by atomic mass is 35.5. The van der Waals surface area contributed by atoms with Gasteiger partial charge in [0, 0.05) is 40.5 Å². The number of rotatable bonds is 5. The number of amides is 3. The van der Waals surface area contributed by atoms with Crippen molar-refractivity contribution in [2.24, 2.45) is 5.92 Å². The number of methoxy groups -OCH3 is 2. The van der Waals surface area contributed by atoms with Crippen LogP contribution >= 0.6 is 11.6 Å². The molecule has 3 aliphatic rings. The van der Waals surface area contributed by atoms with Gasteiger partial charge in [-0.05, 0) is 44.9 Å². The number of carbonyl (C=O) groups is 4. The predicted octanol–water partition coefficient (Wildman–Crippen LogP) is 3.53. The van der Waals surface area contributed by atoms with Crippen LogP contribution in [-0.2, 0) is 39.8 Å². The molecule has 0 unspecified atom stereocenters. The quantitative estimate of drug-likeness (QED) is 0.346. The van der Waals surface area contributed by atoms with Gasteiger partial charge in [0.25, 0.3) is 0 Å². The number of benzene rings is 1. The number of nitrogens with zero attached hydrogens (tertiary/aromatic N) is 2. The van der Waals surface area contributed by atoms with Crippen molar-refractivity contribution in [3.05, 3.63) is 46.5 Å². The van der Waals surface area contributed by atoms with Crippen LogP contribution in [0.1, 0.15) is 53.0 Å². The number of likely N-dealkylation sites (N-methyl/N-ethyl adjacent to an activating group) is 1. The SMILES string of the molecule is COc1cc2cc(c1Cl)N(C)C(=O)C[C@H](OC(=O)[C@H](C)N(C)C(C)=O)[C@]1(C)O[C@H]1[C@@H](C)[C@H]1C[C@](O)(NC(=O)O1)[C@@H](OC)C=CC=C(C)C2. The first-order valence-electron chi connectivity index (χ1n) is 15.8. The van der Waals surface area contributed by atoms with E-state index in [0.717, 1.165) is 11.1 Å². The lowest BCUT2D eigenvalue weighted by atomic mass is 9.83. The molecule has 2 N–H and O–H groups in total. The van der Waals surface area contributed by atoms with Gasteiger partial charge in [-0.25, -0.2) is 9.59 Å². The number of hydrogen-bond acceptors (Lipinski definition) is 10. The number of ether oxygens (including phenoxy) is 5. The van der Waals surface area contributed by atoms with Gasteiger partial charge in [-0.2, -0.15) is 0 Å². The number of allylic oxidation sites excluding steroid dienone is 3. The Kier molecular flexibility index (Phi) is 11.2. The second kappa shape index (κ2) is 14.5. The van der Waals surface area contributed by atoms with E-state index in [4.69, 9.17) is 35.3 Å². The van der Waals surface area contributed by atoms with E-state index in [2.05, 4.69) is 5.32 Å². The molecule has 4 rings (SSSR count). The van der Waals surface area contributed by atoms with Gasteiger partial charge in [0.2, 0.25) is 11.8 Å². The highest BCUT2D eigenvalue weighted by Crippen LogP contribution is 2.49. The topological polar surface area (TPSA) is 156 Å². The molecule has 0 aromatic heterocycles. The van der Waals surface area contributed by atoms with Gasteiger partial charge in [-0.1, -0.05) is 42.3 Å². The molecule has 14 heteroatoms. The Labute approximate surface area is 286 Å². The van der Waals surface area contributed by atoms with Gasteiger partial charge in [0.1, 0.15) is 40.7 Å². The number of hydrogen-bond donors (Lipinski definition) is 2. The summed E-state index contributed by atoms with van der Waals surface area (Å²) in [6.45, 7) is 8.29. The van der Waals surface area contributed by atoms with Gasteiger partial charge in [-0.15, -0.1) is 0 Å². The van der Waals surface area contributed by atoms with Crippen molar-refractivity contribution in [2.45, 2.75) is 95.7 Å². The molecule has 2 saturated heterocycles. The van der Waals surface area contributed by atoms with Gasteiger partial charge in [0.15, 0.2) is 5.72 Å². The van der Waals surface area contributed by atoms with Crippen molar-refractivity contribution in [1.82, 2.24) is 10.2 Å². The monoisotopic (exact) mass is 691 g/mol. The van der Waals surface area contributed by atoms with Crippen LogP contribution in [0.25, 0.3) is 0 Å². The highest BCUT2D eigenvalue weighted by Gasteiger charge is 2.64. The second-order valence-corrected chi connectivity index (χ2v) is 13.4. The molecule has 3 aliphatic heterocycles. The number of esters is 1. The fourth-order valence-corrected chi connectivity index (χ4v) is 6.59. The average molecular weight is 692 g/mol. The summed E-state index contributed by atoms with van der Waals surface area (Å²) in [5.41, 5.74) is -0.871. The van der Waals surface area contributed by atoms with Gasteiger partial charge >= 0.3 is 12.1 Å². The van der Waals surface area contributed by atoms with Gasteiger partial charge < -0.3 is 38.6 Å². The molecule has 0 saturated carbocycles. The molecule has 264 valence electrons. The Bertz CT molecular complexity index is 1500. The Hall–Kier alpha value is -3.65. The number of fused-ring (bicyclic) bond motifs is 5. The Morgan fingerprint density at radius 2 is 1.94 bits per heavy atom. The summed E-state index contributed by atoms with van der Waals surface area (Å²) in [6.07, 6.45) is 1.02. The fraction of sp³-hybridized carbons (Fsp3) is 0.588. The maximum atomic E-state index is 14.0.